The van der Waals surface area contributed by atoms with E-state index in [2.05, 4.69) is 10.6 Å². The van der Waals surface area contributed by atoms with Crippen LogP contribution >= 0.6 is 11.8 Å². The summed E-state index contributed by atoms with van der Waals surface area (Å²) in [5.41, 5.74) is 4.36. The Labute approximate surface area is 196 Å². The molecule has 33 heavy (non-hydrogen) atoms. The van der Waals surface area contributed by atoms with Crippen LogP contribution in [-0.4, -0.2) is 65.0 Å². The third-order valence-corrected chi connectivity index (χ3v) is 6.25. The molecule has 4 N–H and O–H groups in total. The molecular formula is C24H28N2O6S. The highest BCUT2D eigenvalue weighted by Crippen LogP contribution is 2.44. The van der Waals surface area contributed by atoms with Gasteiger partial charge in [0, 0.05) is 5.92 Å². The standard InChI is InChI=1S/C24H28N2O6S/c1-14(27)21(23(29)30)26-22(28)20(11-12-33-2)25-24(31)32-13-19-17-9-5-3-7-15(17)16-8-4-6-10-18(16)19/h3-10,14,19-21,27H,11-13H2,1-2H3,(H,25,31)(H,26,28)(H,29,30)/t14?,20-,21?/m0/s1. The van der Waals surface area contributed by atoms with Crippen LogP contribution in [0.4, 0.5) is 4.79 Å². The molecule has 0 spiro atoms. The third kappa shape index (κ3) is 5.85. The Kier molecular flexibility index (Phi) is 8.35. The highest BCUT2D eigenvalue weighted by molar-refractivity contribution is 7.98. The van der Waals surface area contributed by atoms with E-state index >= 15 is 0 Å². The van der Waals surface area contributed by atoms with Gasteiger partial charge in [0.1, 0.15) is 12.6 Å². The van der Waals surface area contributed by atoms with Crippen molar-refractivity contribution < 1.29 is 29.3 Å². The number of alkyl carbamates (subject to hydrolysis) is 1. The molecular weight excluding hydrogens is 444 g/mol. The summed E-state index contributed by atoms with van der Waals surface area (Å²) in [5, 5.41) is 23.7. The van der Waals surface area contributed by atoms with Crippen LogP contribution in [0.1, 0.15) is 30.4 Å². The molecule has 2 amide bonds. The molecule has 3 rings (SSSR count). The fourth-order valence-corrected chi connectivity index (χ4v) is 4.40. The molecule has 2 aromatic carbocycles. The molecule has 176 valence electrons. The number of ether oxygens (including phenoxy) is 1. The smallest absolute Gasteiger partial charge is 0.407 e. The van der Waals surface area contributed by atoms with E-state index in [-0.39, 0.29) is 18.9 Å². The minimum absolute atomic E-state index is 0.0994. The van der Waals surface area contributed by atoms with Gasteiger partial charge in [0.05, 0.1) is 6.10 Å². The fourth-order valence-electron chi connectivity index (χ4n) is 3.93. The van der Waals surface area contributed by atoms with Crippen molar-refractivity contribution >= 4 is 29.7 Å². The van der Waals surface area contributed by atoms with Crippen molar-refractivity contribution in [2.24, 2.45) is 0 Å². The SMILES string of the molecule is CSCC[C@H](NC(=O)OCC1c2ccccc2-c2ccccc21)C(=O)NC(C(=O)O)C(C)O. The number of carboxylic acid groups (broad SMARTS) is 1. The molecule has 2 unspecified atom stereocenters. The van der Waals surface area contributed by atoms with Gasteiger partial charge in [-0.1, -0.05) is 48.5 Å². The highest BCUT2D eigenvalue weighted by atomic mass is 32.2. The second-order valence-corrected chi connectivity index (χ2v) is 8.85. The average molecular weight is 473 g/mol. The summed E-state index contributed by atoms with van der Waals surface area (Å²) >= 11 is 1.49. The number of carboxylic acids is 1. The normalized spacial score (nSPS) is 15.0. The van der Waals surface area contributed by atoms with Crippen molar-refractivity contribution in [1.82, 2.24) is 10.6 Å². The first-order valence-corrected chi connectivity index (χ1v) is 12.0. The molecule has 0 saturated carbocycles. The number of hydrogen-bond acceptors (Lipinski definition) is 6. The van der Waals surface area contributed by atoms with Crippen molar-refractivity contribution in [1.29, 1.82) is 0 Å². The molecule has 0 heterocycles. The van der Waals surface area contributed by atoms with Gasteiger partial charge in [-0.25, -0.2) is 9.59 Å². The predicted octanol–water partition coefficient (Wildman–Crippen LogP) is 2.60. The van der Waals surface area contributed by atoms with E-state index in [9.17, 15) is 24.6 Å². The highest BCUT2D eigenvalue weighted by Gasteiger charge is 2.31. The molecule has 0 radical (unpaired) electrons. The summed E-state index contributed by atoms with van der Waals surface area (Å²) < 4.78 is 5.50. The number of thioether (sulfide) groups is 1. The lowest BCUT2D eigenvalue weighted by Gasteiger charge is -2.23. The number of fused-ring (bicyclic) bond motifs is 3. The summed E-state index contributed by atoms with van der Waals surface area (Å²) in [6.07, 6.45) is 0.0886. The van der Waals surface area contributed by atoms with E-state index in [4.69, 9.17) is 4.74 Å². The summed E-state index contributed by atoms with van der Waals surface area (Å²) in [4.78, 5) is 36.5. The summed E-state index contributed by atoms with van der Waals surface area (Å²) in [7, 11) is 0. The van der Waals surface area contributed by atoms with Gasteiger partial charge < -0.3 is 25.6 Å². The van der Waals surface area contributed by atoms with E-state index in [1.807, 2.05) is 54.8 Å². The Hall–Kier alpha value is -3.04. The second-order valence-electron chi connectivity index (χ2n) is 7.87. The molecule has 3 atom stereocenters. The topological polar surface area (TPSA) is 125 Å². The van der Waals surface area contributed by atoms with Gasteiger partial charge in [0.2, 0.25) is 5.91 Å². The van der Waals surface area contributed by atoms with Crippen LogP contribution < -0.4 is 10.6 Å². The van der Waals surface area contributed by atoms with Crippen LogP contribution in [0, 0.1) is 0 Å². The van der Waals surface area contributed by atoms with Gasteiger partial charge in [0.15, 0.2) is 6.04 Å². The largest absolute Gasteiger partial charge is 0.480 e. The van der Waals surface area contributed by atoms with Crippen molar-refractivity contribution in [2.45, 2.75) is 37.5 Å². The number of aliphatic hydroxyl groups is 1. The fraction of sp³-hybridized carbons (Fsp3) is 0.375. The van der Waals surface area contributed by atoms with Crippen LogP contribution in [0.5, 0.6) is 0 Å². The average Bonchev–Trinajstić information content (AvgIpc) is 3.12. The van der Waals surface area contributed by atoms with Gasteiger partial charge in [-0.15, -0.1) is 0 Å². The number of hydrogen-bond donors (Lipinski definition) is 4. The maximum atomic E-state index is 12.6. The number of nitrogens with one attached hydrogen (secondary N) is 2. The first kappa shape index (κ1) is 24.6. The number of benzene rings is 2. The first-order chi connectivity index (χ1) is 15.8. The van der Waals surface area contributed by atoms with E-state index in [0.717, 1.165) is 22.3 Å². The number of aliphatic carboxylic acids is 1. The summed E-state index contributed by atoms with van der Waals surface area (Å²) in [6, 6.07) is 13.5. The number of carbonyl (C=O) groups excluding carboxylic acids is 2. The Bertz CT molecular complexity index is 966. The molecule has 2 aromatic rings. The number of carbonyl (C=O) groups is 3. The van der Waals surface area contributed by atoms with Crippen molar-refractivity contribution in [3.63, 3.8) is 0 Å². The van der Waals surface area contributed by atoms with Crippen LogP contribution in [0.2, 0.25) is 0 Å². The molecule has 0 fully saturated rings. The third-order valence-electron chi connectivity index (χ3n) is 5.61. The van der Waals surface area contributed by atoms with Gasteiger partial charge in [-0.05, 0) is 47.6 Å². The van der Waals surface area contributed by atoms with Gasteiger partial charge in [0.25, 0.3) is 0 Å². The zero-order valence-corrected chi connectivity index (χ0v) is 19.3. The Balaban J connectivity index is 1.66. The molecule has 0 aliphatic heterocycles. The van der Waals surface area contributed by atoms with E-state index < -0.39 is 36.2 Å². The lowest BCUT2D eigenvalue weighted by Crippen LogP contribution is -2.55. The number of rotatable bonds is 10. The lowest BCUT2D eigenvalue weighted by molar-refractivity contribution is -0.145. The molecule has 0 aromatic heterocycles. The Morgan fingerprint density at radius 1 is 1.03 bits per heavy atom. The van der Waals surface area contributed by atoms with E-state index in [1.165, 1.54) is 18.7 Å². The van der Waals surface area contributed by atoms with Crippen molar-refractivity contribution in [2.75, 3.05) is 18.6 Å². The lowest BCUT2D eigenvalue weighted by atomic mass is 9.98. The first-order valence-electron chi connectivity index (χ1n) is 10.6. The second kappa shape index (κ2) is 11.2. The van der Waals surface area contributed by atoms with Gasteiger partial charge >= 0.3 is 12.1 Å². The molecule has 0 bridgehead atoms. The van der Waals surface area contributed by atoms with Gasteiger partial charge in [-0.2, -0.15) is 11.8 Å². The predicted molar refractivity (Wildman–Crippen MR) is 126 cm³/mol. The molecule has 9 heteroatoms. The summed E-state index contributed by atoms with van der Waals surface area (Å²) in [5.74, 6) is -1.60. The molecule has 1 aliphatic carbocycles. The van der Waals surface area contributed by atoms with E-state index in [1.54, 1.807) is 0 Å². The minimum Gasteiger partial charge on any atom is -0.480 e. The van der Waals surface area contributed by atoms with Gasteiger partial charge in [-0.3, -0.25) is 4.79 Å². The zero-order valence-electron chi connectivity index (χ0n) is 18.5. The monoisotopic (exact) mass is 472 g/mol. The molecule has 8 nitrogen and oxygen atoms in total. The zero-order chi connectivity index (χ0) is 24.0. The molecule has 0 saturated heterocycles. The number of aliphatic hydroxyl groups excluding tert-OH is 1. The van der Waals surface area contributed by atoms with Crippen LogP contribution in [-0.2, 0) is 14.3 Å². The maximum Gasteiger partial charge on any atom is 0.407 e. The van der Waals surface area contributed by atoms with E-state index in [0.29, 0.717) is 5.75 Å². The van der Waals surface area contributed by atoms with Crippen molar-refractivity contribution in [3.05, 3.63) is 59.7 Å². The maximum absolute atomic E-state index is 12.6. The summed E-state index contributed by atoms with van der Waals surface area (Å²) in [6.45, 7) is 1.37. The Morgan fingerprint density at radius 2 is 1.61 bits per heavy atom. The Morgan fingerprint density at radius 3 is 2.12 bits per heavy atom. The van der Waals surface area contributed by atoms with Crippen LogP contribution in [0.25, 0.3) is 11.1 Å². The van der Waals surface area contributed by atoms with Crippen LogP contribution in [0.15, 0.2) is 48.5 Å². The quantitative estimate of drug-likeness (QED) is 0.419. The minimum atomic E-state index is -1.47. The molecule has 1 aliphatic rings. The van der Waals surface area contributed by atoms with Crippen molar-refractivity contribution in [3.8, 4) is 11.1 Å². The number of amides is 2. The van der Waals surface area contributed by atoms with Crippen LogP contribution in [0.3, 0.4) is 0 Å².